The van der Waals surface area contributed by atoms with Crippen LogP contribution in [0.5, 0.6) is 11.5 Å². The highest BCUT2D eigenvalue weighted by molar-refractivity contribution is 5.95. The number of hydrogen-bond donors (Lipinski definition) is 0. The monoisotopic (exact) mass is 588 g/mol. The number of carbonyl (C=O) groups is 2. The van der Waals surface area contributed by atoms with Crippen molar-refractivity contribution >= 4 is 22.7 Å². The van der Waals surface area contributed by atoms with Crippen molar-refractivity contribution in [2.75, 3.05) is 33.0 Å². The minimum absolute atomic E-state index is 0.0727. The van der Waals surface area contributed by atoms with Gasteiger partial charge in [0.15, 0.2) is 0 Å². The maximum Gasteiger partial charge on any atom is 0.343 e. The molecule has 0 radical (unpaired) electrons. The fraction of sp³-hybridized carbons (Fsp3) is 0.500. The topological polar surface area (TPSA) is 80.3 Å². The van der Waals surface area contributed by atoms with Crippen molar-refractivity contribution in [2.45, 2.75) is 59.5 Å². The van der Waals surface area contributed by atoms with Crippen LogP contribution in [0.2, 0.25) is 0 Å². The number of rotatable bonds is 12. The van der Waals surface area contributed by atoms with Crippen LogP contribution in [0, 0.1) is 23.2 Å². The van der Waals surface area contributed by atoms with E-state index in [4.69, 9.17) is 23.7 Å². The number of hydrogen-bond acceptors (Lipinski definition) is 7. The third kappa shape index (κ3) is 7.76. The molecule has 230 valence electrons. The maximum atomic E-state index is 12.9. The van der Waals surface area contributed by atoms with Gasteiger partial charge < -0.3 is 23.7 Å². The third-order valence-electron chi connectivity index (χ3n) is 9.04. The fourth-order valence-corrected chi connectivity index (χ4v) is 6.01. The molecule has 1 aliphatic heterocycles. The number of carbonyl (C=O) groups excluding carboxylic acids is 2. The number of fused-ring (bicyclic) bond motifs is 1. The van der Waals surface area contributed by atoms with Gasteiger partial charge in [0.05, 0.1) is 37.6 Å². The van der Waals surface area contributed by atoms with Gasteiger partial charge in [-0.2, -0.15) is 0 Å². The molecule has 1 saturated carbocycles. The predicted octanol–water partition coefficient (Wildman–Crippen LogP) is 7.50. The predicted molar refractivity (Wildman–Crippen MR) is 166 cm³/mol. The second-order valence-electron chi connectivity index (χ2n) is 12.7. The molecule has 0 amide bonds. The molecule has 3 unspecified atom stereocenters. The van der Waals surface area contributed by atoms with Gasteiger partial charge in [-0.3, -0.25) is 0 Å². The lowest BCUT2D eigenvalue weighted by Gasteiger charge is -2.40. The first-order chi connectivity index (χ1) is 20.7. The van der Waals surface area contributed by atoms with E-state index in [0.717, 1.165) is 49.0 Å². The Labute approximate surface area is 254 Å². The molecule has 3 atom stereocenters. The largest absolute Gasteiger partial charge is 0.491 e. The highest BCUT2D eigenvalue weighted by Crippen LogP contribution is 2.36. The Morgan fingerprint density at radius 1 is 0.884 bits per heavy atom. The lowest BCUT2D eigenvalue weighted by Crippen LogP contribution is -2.45. The van der Waals surface area contributed by atoms with Crippen LogP contribution in [0.3, 0.4) is 0 Å². The summed E-state index contributed by atoms with van der Waals surface area (Å²) in [4.78, 5) is 25.8. The SMILES string of the molecule is CCC1(COCCOc2ccc3cc(OC(=O)c4ccc(C(=O)OC5CC(C)CCC5C(C)C)cc4)ccc3c2)COC1. The average Bonchev–Trinajstić information content (AvgIpc) is 2.98. The van der Waals surface area contributed by atoms with Gasteiger partial charge in [-0.1, -0.05) is 46.2 Å². The Balaban J connectivity index is 1.12. The molecule has 43 heavy (non-hydrogen) atoms. The number of benzene rings is 3. The molecule has 5 rings (SSSR count). The Morgan fingerprint density at radius 3 is 2.16 bits per heavy atom. The van der Waals surface area contributed by atoms with Gasteiger partial charge in [-0.25, -0.2) is 9.59 Å². The minimum atomic E-state index is -0.487. The van der Waals surface area contributed by atoms with E-state index in [1.54, 1.807) is 30.3 Å². The summed E-state index contributed by atoms with van der Waals surface area (Å²) in [5.74, 6) is 1.76. The van der Waals surface area contributed by atoms with Crippen molar-refractivity contribution < 1.29 is 33.3 Å². The molecule has 3 aromatic rings. The van der Waals surface area contributed by atoms with Gasteiger partial charge in [0.25, 0.3) is 0 Å². The van der Waals surface area contributed by atoms with Crippen LogP contribution in [0.15, 0.2) is 60.7 Å². The van der Waals surface area contributed by atoms with E-state index in [1.807, 2.05) is 30.3 Å². The summed E-state index contributed by atoms with van der Waals surface area (Å²) in [5.41, 5.74) is 0.973. The van der Waals surface area contributed by atoms with E-state index < -0.39 is 5.97 Å². The van der Waals surface area contributed by atoms with Crippen molar-refractivity contribution in [3.8, 4) is 11.5 Å². The smallest absolute Gasteiger partial charge is 0.343 e. The Bertz CT molecular complexity index is 1390. The lowest BCUT2D eigenvalue weighted by molar-refractivity contribution is -0.151. The first kappa shape index (κ1) is 31.0. The summed E-state index contributed by atoms with van der Waals surface area (Å²) in [6.07, 6.45) is 4.13. The van der Waals surface area contributed by atoms with Gasteiger partial charge >= 0.3 is 11.9 Å². The van der Waals surface area contributed by atoms with E-state index in [0.29, 0.717) is 54.5 Å². The maximum absolute atomic E-state index is 12.9. The third-order valence-corrected chi connectivity index (χ3v) is 9.04. The molecule has 1 heterocycles. The fourth-order valence-electron chi connectivity index (χ4n) is 6.01. The van der Waals surface area contributed by atoms with Crippen LogP contribution >= 0.6 is 0 Å². The quantitative estimate of drug-likeness (QED) is 0.123. The zero-order chi connectivity index (χ0) is 30.4. The lowest BCUT2D eigenvalue weighted by atomic mass is 9.75. The highest BCUT2D eigenvalue weighted by atomic mass is 16.5. The van der Waals surface area contributed by atoms with E-state index in [-0.39, 0.29) is 17.5 Å². The zero-order valence-electron chi connectivity index (χ0n) is 25.8. The zero-order valence-corrected chi connectivity index (χ0v) is 25.8. The summed E-state index contributed by atoms with van der Waals surface area (Å²) in [6, 6.07) is 17.8. The van der Waals surface area contributed by atoms with Gasteiger partial charge in [-0.15, -0.1) is 0 Å². The normalized spacial score (nSPS) is 21.3. The molecule has 0 spiro atoms. The van der Waals surface area contributed by atoms with Crippen LogP contribution in [0.1, 0.15) is 74.1 Å². The van der Waals surface area contributed by atoms with Crippen LogP contribution in [-0.4, -0.2) is 51.1 Å². The first-order valence-corrected chi connectivity index (χ1v) is 15.6. The number of ether oxygens (including phenoxy) is 5. The molecule has 3 aromatic carbocycles. The minimum Gasteiger partial charge on any atom is -0.491 e. The van der Waals surface area contributed by atoms with Crippen molar-refractivity contribution in [3.05, 3.63) is 71.8 Å². The Hall–Kier alpha value is -3.42. The Morgan fingerprint density at radius 2 is 1.53 bits per heavy atom. The first-order valence-electron chi connectivity index (χ1n) is 15.6. The molecule has 7 heteroatoms. The van der Waals surface area contributed by atoms with Crippen LogP contribution in [0.4, 0.5) is 0 Å². The summed E-state index contributed by atoms with van der Waals surface area (Å²) in [6.45, 7) is 12.0. The molecule has 7 nitrogen and oxygen atoms in total. The van der Waals surface area contributed by atoms with E-state index in [9.17, 15) is 9.59 Å². The molecule has 1 aliphatic carbocycles. The second-order valence-corrected chi connectivity index (χ2v) is 12.7. The van der Waals surface area contributed by atoms with Crippen molar-refractivity contribution in [2.24, 2.45) is 23.2 Å². The van der Waals surface area contributed by atoms with Gasteiger partial charge in [0, 0.05) is 5.41 Å². The second kappa shape index (κ2) is 13.9. The van der Waals surface area contributed by atoms with Crippen molar-refractivity contribution in [1.29, 1.82) is 0 Å². The molecular weight excluding hydrogens is 544 g/mol. The summed E-state index contributed by atoms with van der Waals surface area (Å²) in [7, 11) is 0. The molecule has 2 aliphatic rings. The van der Waals surface area contributed by atoms with Gasteiger partial charge in [-0.05, 0) is 96.3 Å². The van der Waals surface area contributed by atoms with Crippen molar-refractivity contribution in [3.63, 3.8) is 0 Å². The Kier molecular flexibility index (Phi) is 10.0. The van der Waals surface area contributed by atoms with Gasteiger partial charge in [0.1, 0.15) is 24.2 Å². The molecule has 0 N–H and O–H groups in total. The van der Waals surface area contributed by atoms with E-state index in [2.05, 4.69) is 27.7 Å². The molecule has 0 bridgehead atoms. The molecule has 2 fully saturated rings. The van der Waals surface area contributed by atoms with E-state index >= 15 is 0 Å². The number of esters is 2. The van der Waals surface area contributed by atoms with Crippen LogP contribution in [-0.2, 0) is 14.2 Å². The molecule has 1 saturated heterocycles. The van der Waals surface area contributed by atoms with Crippen LogP contribution < -0.4 is 9.47 Å². The molecular formula is C36H44O7. The summed E-state index contributed by atoms with van der Waals surface area (Å²) < 4.78 is 28.6. The standard InChI is InChI=1S/C36H44O7/c1-5-36(22-40-23-36)21-39-16-17-41-30-13-11-29-20-31(14-12-28(29)19-30)42-34(37)26-7-9-27(10-8-26)35(38)43-33-18-25(4)6-15-32(33)24(2)3/h7-14,19-20,24-25,32-33H,5-6,15-18,21-23H2,1-4H3. The van der Waals surface area contributed by atoms with Crippen LogP contribution in [0.25, 0.3) is 10.8 Å². The average molecular weight is 589 g/mol. The summed E-state index contributed by atoms with van der Waals surface area (Å²) >= 11 is 0. The summed E-state index contributed by atoms with van der Waals surface area (Å²) in [5, 5.41) is 1.91. The highest BCUT2D eigenvalue weighted by Gasteiger charge is 2.37. The van der Waals surface area contributed by atoms with E-state index in [1.165, 1.54) is 6.42 Å². The van der Waals surface area contributed by atoms with Gasteiger partial charge in [0.2, 0.25) is 0 Å². The molecule has 0 aromatic heterocycles. The van der Waals surface area contributed by atoms with Crippen molar-refractivity contribution in [1.82, 2.24) is 0 Å².